The highest BCUT2D eigenvalue weighted by atomic mass is 16.6. The minimum absolute atomic E-state index is 0.160. The fourth-order valence-electron chi connectivity index (χ4n) is 1.17. The molecule has 0 fully saturated rings. The van der Waals surface area contributed by atoms with Crippen molar-refractivity contribution in [2.24, 2.45) is 0 Å². The Kier molecular flexibility index (Phi) is 9.03. The molecule has 0 aromatic carbocycles. The fourth-order valence-corrected chi connectivity index (χ4v) is 1.17. The number of ether oxygens (including phenoxy) is 3. The number of hydrogen-bond acceptors (Lipinski definition) is 6. The van der Waals surface area contributed by atoms with Crippen LogP contribution < -0.4 is 5.32 Å². The molecule has 1 N–H and O–H groups in total. The van der Waals surface area contributed by atoms with Crippen molar-refractivity contribution in [2.75, 3.05) is 26.9 Å². The summed E-state index contributed by atoms with van der Waals surface area (Å²) in [6, 6.07) is 0. The molecule has 7 heteroatoms. The molecular formula is C14H23NO6. The van der Waals surface area contributed by atoms with Crippen LogP contribution in [0.25, 0.3) is 0 Å². The van der Waals surface area contributed by atoms with E-state index in [2.05, 4.69) is 10.1 Å². The van der Waals surface area contributed by atoms with Gasteiger partial charge in [0.05, 0.1) is 26.7 Å². The molecule has 0 heterocycles. The quantitative estimate of drug-likeness (QED) is 0.400. The van der Waals surface area contributed by atoms with E-state index in [-0.39, 0.29) is 32.1 Å². The lowest BCUT2D eigenvalue weighted by Gasteiger charge is -2.19. The maximum atomic E-state index is 11.4. The van der Waals surface area contributed by atoms with E-state index in [0.717, 1.165) is 12.2 Å². The average Bonchev–Trinajstić information content (AvgIpc) is 2.37. The van der Waals surface area contributed by atoms with E-state index in [0.29, 0.717) is 0 Å². The molecule has 0 aromatic heterocycles. The van der Waals surface area contributed by atoms with E-state index in [1.165, 1.54) is 7.11 Å². The third-order valence-corrected chi connectivity index (χ3v) is 1.99. The first-order valence-electron chi connectivity index (χ1n) is 6.58. The van der Waals surface area contributed by atoms with Gasteiger partial charge in [0.2, 0.25) is 5.91 Å². The summed E-state index contributed by atoms with van der Waals surface area (Å²) in [4.78, 5) is 33.3. The van der Waals surface area contributed by atoms with Crippen LogP contribution in [0.2, 0.25) is 0 Å². The minimum Gasteiger partial charge on any atom is -0.466 e. The van der Waals surface area contributed by atoms with Crippen molar-refractivity contribution in [1.82, 2.24) is 5.32 Å². The number of carbonyl (C=O) groups is 3. The largest absolute Gasteiger partial charge is 0.466 e. The zero-order valence-corrected chi connectivity index (χ0v) is 12.9. The second-order valence-electron chi connectivity index (χ2n) is 5.10. The maximum Gasteiger partial charge on any atom is 0.330 e. The van der Waals surface area contributed by atoms with Crippen LogP contribution in [0.4, 0.5) is 0 Å². The molecule has 0 saturated carbocycles. The van der Waals surface area contributed by atoms with Gasteiger partial charge in [-0.15, -0.1) is 0 Å². The van der Waals surface area contributed by atoms with Crippen molar-refractivity contribution >= 4 is 17.8 Å². The maximum absolute atomic E-state index is 11.4. The molecule has 0 rings (SSSR count). The van der Waals surface area contributed by atoms with Crippen molar-refractivity contribution in [1.29, 1.82) is 0 Å². The lowest BCUT2D eigenvalue weighted by molar-refractivity contribution is -0.156. The summed E-state index contributed by atoms with van der Waals surface area (Å²) in [6.45, 7) is 6.15. The highest BCUT2D eigenvalue weighted by Gasteiger charge is 2.15. The predicted molar refractivity (Wildman–Crippen MR) is 75.4 cm³/mol. The third-order valence-electron chi connectivity index (χ3n) is 1.99. The van der Waals surface area contributed by atoms with Crippen LogP contribution >= 0.6 is 0 Å². The van der Waals surface area contributed by atoms with Gasteiger partial charge in [-0.05, 0) is 20.8 Å². The van der Waals surface area contributed by atoms with Crippen LogP contribution in [0.15, 0.2) is 12.2 Å². The second kappa shape index (κ2) is 9.93. The molecule has 0 aliphatic rings. The number of nitrogens with one attached hydrogen (secondary N) is 1. The summed E-state index contributed by atoms with van der Waals surface area (Å²) in [5, 5.41) is 2.51. The Morgan fingerprint density at radius 3 is 2.33 bits per heavy atom. The molecule has 21 heavy (non-hydrogen) atoms. The topological polar surface area (TPSA) is 90.9 Å². The summed E-state index contributed by atoms with van der Waals surface area (Å²) in [5.74, 6) is -1.34. The lowest BCUT2D eigenvalue weighted by atomic mass is 10.2. The van der Waals surface area contributed by atoms with Crippen LogP contribution in [0, 0.1) is 0 Å². The molecule has 0 aliphatic carbocycles. The summed E-state index contributed by atoms with van der Waals surface area (Å²) in [6.07, 6.45) is 2.26. The van der Waals surface area contributed by atoms with E-state index < -0.39 is 17.5 Å². The summed E-state index contributed by atoms with van der Waals surface area (Å²) in [5.41, 5.74) is -0.503. The summed E-state index contributed by atoms with van der Waals surface area (Å²) in [7, 11) is 1.23. The first kappa shape index (κ1) is 19.1. The van der Waals surface area contributed by atoms with Crippen LogP contribution in [0.3, 0.4) is 0 Å². The Morgan fingerprint density at radius 1 is 1.10 bits per heavy atom. The van der Waals surface area contributed by atoms with Gasteiger partial charge in [-0.25, -0.2) is 4.79 Å². The van der Waals surface area contributed by atoms with E-state index in [4.69, 9.17) is 9.47 Å². The number of amides is 1. The molecule has 0 aliphatic heterocycles. The molecule has 0 atom stereocenters. The van der Waals surface area contributed by atoms with Gasteiger partial charge in [0.1, 0.15) is 5.60 Å². The number of esters is 2. The van der Waals surface area contributed by atoms with Crippen LogP contribution in [0.1, 0.15) is 27.2 Å². The normalized spacial score (nSPS) is 11.2. The van der Waals surface area contributed by atoms with Crippen LogP contribution in [-0.2, 0) is 28.6 Å². The van der Waals surface area contributed by atoms with Gasteiger partial charge in [0.15, 0.2) is 0 Å². The van der Waals surface area contributed by atoms with Gasteiger partial charge in [-0.3, -0.25) is 9.59 Å². The minimum atomic E-state index is -0.598. The number of carbonyl (C=O) groups excluding carboxylic acids is 3. The highest BCUT2D eigenvalue weighted by Crippen LogP contribution is 2.07. The summed E-state index contributed by atoms with van der Waals surface area (Å²) >= 11 is 0. The zero-order valence-electron chi connectivity index (χ0n) is 12.9. The van der Waals surface area contributed by atoms with E-state index >= 15 is 0 Å². The van der Waals surface area contributed by atoms with Crippen LogP contribution in [0.5, 0.6) is 0 Å². The smallest absolute Gasteiger partial charge is 0.330 e. The Bertz CT molecular complexity index is 383. The Morgan fingerprint density at radius 2 is 1.76 bits per heavy atom. The Labute approximate surface area is 124 Å². The number of methoxy groups -OCH3 is 1. The van der Waals surface area contributed by atoms with Crippen molar-refractivity contribution in [3.63, 3.8) is 0 Å². The van der Waals surface area contributed by atoms with Gasteiger partial charge in [-0.2, -0.15) is 0 Å². The molecule has 0 radical (unpaired) electrons. The average molecular weight is 301 g/mol. The van der Waals surface area contributed by atoms with E-state index in [9.17, 15) is 14.4 Å². The molecule has 0 bridgehead atoms. The monoisotopic (exact) mass is 301 g/mol. The standard InChI is InChI=1S/C14H23NO6/c1-14(2,3)21-13(18)7-9-20-10-8-15-11(16)5-6-12(17)19-4/h5-6H,7-10H2,1-4H3,(H,15,16)/b6-5+. The SMILES string of the molecule is COC(=O)/C=C/C(=O)NCCOCCC(=O)OC(C)(C)C. The van der Waals surface area contributed by atoms with Gasteiger partial charge in [0, 0.05) is 18.7 Å². The molecule has 1 amide bonds. The molecule has 0 aromatic rings. The Hall–Kier alpha value is -1.89. The first-order valence-corrected chi connectivity index (χ1v) is 6.58. The van der Waals surface area contributed by atoms with Gasteiger partial charge in [0.25, 0.3) is 0 Å². The molecule has 0 spiro atoms. The molecular weight excluding hydrogens is 278 g/mol. The predicted octanol–water partition coefficient (Wildman–Crippen LogP) is 0.580. The number of hydrogen-bond donors (Lipinski definition) is 1. The highest BCUT2D eigenvalue weighted by molar-refractivity contribution is 5.94. The molecule has 0 unspecified atom stereocenters. The van der Waals surface area contributed by atoms with Gasteiger partial charge < -0.3 is 19.5 Å². The van der Waals surface area contributed by atoms with Crippen LogP contribution in [-0.4, -0.2) is 50.3 Å². The van der Waals surface area contributed by atoms with Crippen molar-refractivity contribution in [2.45, 2.75) is 32.8 Å². The van der Waals surface area contributed by atoms with Crippen molar-refractivity contribution in [3.05, 3.63) is 12.2 Å². The third kappa shape index (κ3) is 12.9. The lowest BCUT2D eigenvalue weighted by Crippen LogP contribution is -2.27. The Balaban J connectivity index is 3.60. The number of rotatable bonds is 8. The summed E-state index contributed by atoms with van der Waals surface area (Å²) < 4.78 is 14.6. The molecule has 120 valence electrons. The van der Waals surface area contributed by atoms with Gasteiger partial charge >= 0.3 is 11.9 Å². The molecule has 7 nitrogen and oxygen atoms in total. The van der Waals surface area contributed by atoms with Crippen molar-refractivity contribution in [3.8, 4) is 0 Å². The van der Waals surface area contributed by atoms with Crippen molar-refractivity contribution < 1.29 is 28.6 Å². The zero-order chi connectivity index (χ0) is 16.3. The second-order valence-corrected chi connectivity index (χ2v) is 5.10. The molecule has 0 saturated heterocycles. The fraction of sp³-hybridized carbons (Fsp3) is 0.643. The van der Waals surface area contributed by atoms with E-state index in [1.807, 2.05) is 0 Å². The first-order chi connectivity index (χ1) is 9.74. The van der Waals surface area contributed by atoms with Gasteiger partial charge in [-0.1, -0.05) is 0 Å². The van der Waals surface area contributed by atoms with E-state index in [1.54, 1.807) is 20.8 Å².